The highest BCUT2D eigenvalue weighted by atomic mass is 35.5. The van der Waals surface area contributed by atoms with Crippen LogP contribution in [0.25, 0.3) is 10.9 Å². The number of carbonyl (C=O) groups is 1. The second-order valence-corrected chi connectivity index (χ2v) is 5.98. The molecule has 27 heavy (non-hydrogen) atoms. The number of benzene rings is 2. The van der Waals surface area contributed by atoms with Crippen molar-refractivity contribution in [1.82, 2.24) is 9.78 Å². The largest absolute Gasteiger partial charge is 0.433 e. The zero-order valence-electron chi connectivity index (χ0n) is 13.9. The van der Waals surface area contributed by atoms with Gasteiger partial charge in [-0.05, 0) is 30.3 Å². The Kier molecular flexibility index (Phi) is 5.66. The van der Waals surface area contributed by atoms with Gasteiger partial charge in [0.05, 0.1) is 23.3 Å². The van der Waals surface area contributed by atoms with E-state index in [2.05, 4.69) is 15.2 Å². The molecule has 2 aromatic carbocycles. The lowest BCUT2D eigenvalue weighted by atomic mass is 10.2. The predicted molar refractivity (Wildman–Crippen MR) is 97.3 cm³/mol. The van der Waals surface area contributed by atoms with Crippen LogP contribution in [0.15, 0.2) is 53.5 Å². The molecule has 3 aromatic rings. The van der Waals surface area contributed by atoms with Crippen LogP contribution in [0.4, 0.5) is 14.5 Å². The Morgan fingerprint density at radius 1 is 1.26 bits per heavy atom. The average molecular weight is 394 g/mol. The molecule has 1 N–H and O–H groups in total. The Morgan fingerprint density at radius 2 is 2.04 bits per heavy atom. The SMILES string of the molecule is O=C(CCn1ncc(=O)c2ccccc21)Nc1ccc(OC(F)F)c(Cl)c1. The molecule has 0 fully saturated rings. The number of carbonyl (C=O) groups excluding carboxylic acids is 1. The van der Waals surface area contributed by atoms with Crippen molar-refractivity contribution in [2.24, 2.45) is 0 Å². The highest BCUT2D eigenvalue weighted by Gasteiger charge is 2.11. The molecule has 0 radical (unpaired) electrons. The molecule has 140 valence electrons. The Hall–Kier alpha value is -3.00. The van der Waals surface area contributed by atoms with E-state index in [4.69, 9.17) is 11.6 Å². The summed E-state index contributed by atoms with van der Waals surface area (Å²) in [7, 11) is 0. The summed E-state index contributed by atoms with van der Waals surface area (Å²) in [6.07, 6.45) is 1.30. The normalized spacial score (nSPS) is 11.0. The van der Waals surface area contributed by atoms with Crippen LogP contribution in [0.5, 0.6) is 5.75 Å². The van der Waals surface area contributed by atoms with E-state index in [-0.39, 0.29) is 35.1 Å². The maximum Gasteiger partial charge on any atom is 0.387 e. The predicted octanol–water partition coefficient (Wildman–Crippen LogP) is 3.68. The molecular weight excluding hydrogens is 380 g/mol. The number of ether oxygens (including phenoxy) is 1. The number of fused-ring (bicyclic) bond motifs is 1. The number of halogens is 3. The number of aromatic nitrogens is 2. The third-order valence-corrected chi connectivity index (χ3v) is 4.04. The lowest BCUT2D eigenvalue weighted by molar-refractivity contribution is -0.116. The summed E-state index contributed by atoms with van der Waals surface area (Å²) < 4.78 is 30.3. The average Bonchev–Trinajstić information content (AvgIpc) is 2.63. The topological polar surface area (TPSA) is 73.2 Å². The number of hydrogen-bond acceptors (Lipinski definition) is 4. The number of nitrogens with one attached hydrogen (secondary N) is 1. The maximum absolute atomic E-state index is 12.2. The fraction of sp³-hybridized carbons (Fsp3) is 0.167. The molecule has 1 aromatic heterocycles. The van der Waals surface area contributed by atoms with Gasteiger partial charge in [0.25, 0.3) is 0 Å². The fourth-order valence-corrected chi connectivity index (χ4v) is 2.77. The minimum absolute atomic E-state index is 0.0406. The van der Waals surface area contributed by atoms with Crippen LogP contribution < -0.4 is 15.5 Å². The Balaban J connectivity index is 1.66. The molecule has 6 nitrogen and oxygen atoms in total. The molecule has 0 aliphatic rings. The second-order valence-electron chi connectivity index (χ2n) is 5.57. The first kappa shape index (κ1) is 18.8. The summed E-state index contributed by atoms with van der Waals surface area (Å²) in [4.78, 5) is 24.0. The van der Waals surface area contributed by atoms with Gasteiger partial charge in [-0.15, -0.1) is 0 Å². The molecule has 0 saturated carbocycles. The van der Waals surface area contributed by atoms with Crippen LogP contribution in [-0.2, 0) is 11.3 Å². The smallest absolute Gasteiger partial charge is 0.387 e. The van der Waals surface area contributed by atoms with Crippen molar-refractivity contribution in [1.29, 1.82) is 0 Å². The van der Waals surface area contributed by atoms with Crippen LogP contribution in [0.2, 0.25) is 5.02 Å². The summed E-state index contributed by atoms with van der Waals surface area (Å²) in [6, 6.07) is 11.0. The molecule has 0 aliphatic heterocycles. The first-order valence-corrected chi connectivity index (χ1v) is 8.31. The van der Waals surface area contributed by atoms with Crippen molar-refractivity contribution in [3.05, 3.63) is 63.9 Å². The van der Waals surface area contributed by atoms with Crippen molar-refractivity contribution in [3.8, 4) is 5.75 Å². The minimum atomic E-state index is -2.98. The lowest BCUT2D eigenvalue weighted by Crippen LogP contribution is -2.18. The van der Waals surface area contributed by atoms with E-state index < -0.39 is 6.61 Å². The monoisotopic (exact) mass is 393 g/mol. The van der Waals surface area contributed by atoms with E-state index >= 15 is 0 Å². The third-order valence-electron chi connectivity index (χ3n) is 3.74. The van der Waals surface area contributed by atoms with Crippen molar-refractivity contribution in [3.63, 3.8) is 0 Å². The number of amides is 1. The quantitative estimate of drug-likeness (QED) is 0.693. The Morgan fingerprint density at radius 3 is 2.78 bits per heavy atom. The molecule has 0 bridgehead atoms. The summed E-state index contributed by atoms with van der Waals surface area (Å²) in [5, 5.41) is 7.16. The highest BCUT2D eigenvalue weighted by molar-refractivity contribution is 6.32. The molecule has 0 aliphatic carbocycles. The molecule has 0 saturated heterocycles. The van der Waals surface area contributed by atoms with Crippen molar-refractivity contribution >= 4 is 34.1 Å². The van der Waals surface area contributed by atoms with Crippen LogP contribution in [-0.4, -0.2) is 22.3 Å². The Bertz CT molecular complexity index is 1040. The second kappa shape index (κ2) is 8.13. The van der Waals surface area contributed by atoms with E-state index in [1.807, 2.05) is 0 Å². The Labute approximate surface area is 157 Å². The van der Waals surface area contributed by atoms with E-state index in [0.717, 1.165) is 0 Å². The summed E-state index contributed by atoms with van der Waals surface area (Å²) >= 11 is 5.86. The molecule has 0 atom stereocenters. The molecule has 3 rings (SSSR count). The maximum atomic E-state index is 12.2. The summed E-state index contributed by atoms with van der Waals surface area (Å²) in [5.74, 6) is -0.494. The van der Waals surface area contributed by atoms with E-state index in [9.17, 15) is 18.4 Å². The number of nitrogens with zero attached hydrogens (tertiary/aromatic N) is 2. The molecular formula is C18H14ClF2N3O3. The third kappa shape index (κ3) is 4.59. The standard InChI is InChI=1S/C18H14ClF2N3O3/c19-13-9-11(5-6-16(13)27-18(20)21)23-17(26)7-8-24-14-4-2-1-3-12(14)15(25)10-22-24/h1-6,9-10,18H,7-8H2,(H,23,26). The number of anilines is 1. The molecule has 1 heterocycles. The van der Waals surface area contributed by atoms with Gasteiger partial charge in [-0.1, -0.05) is 23.7 Å². The first-order chi connectivity index (χ1) is 12.9. The van der Waals surface area contributed by atoms with Crippen LogP contribution in [0, 0.1) is 0 Å². The van der Waals surface area contributed by atoms with Gasteiger partial charge in [-0.2, -0.15) is 13.9 Å². The van der Waals surface area contributed by atoms with Gasteiger partial charge in [-0.25, -0.2) is 0 Å². The highest BCUT2D eigenvalue weighted by Crippen LogP contribution is 2.29. The first-order valence-electron chi connectivity index (χ1n) is 7.93. The van der Waals surface area contributed by atoms with Crippen LogP contribution in [0.1, 0.15) is 6.42 Å². The van der Waals surface area contributed by atoms with Crippen molar-refractivity contribution in [2.75, 3.05) is 5.32 Å². The number of rotatable bonds is 6. The summed E-state index contributed by atoms with van der Waals surface area (Å²) in [5.41, 5.74) is 0.797. The number of alkyl halides is 2. The van der Waals surface area contributed by atoms with Gasteiger partial charge in [-0.3, -0.25) is 14.3 Å². The fourth-order valence-electron chi connectivity index (χ4n) is 2.54. The molecule has 0 spiro atoms. The zero-order valence-corrected chi connectivity index (χ0v) is 14.6. The van der Waals surface area contributed by atoms with Crippen molar-refractivity contribution in [2.45, 2.75) is 19.6 Å². The van der Waals surface area contributed by atoms with E-state index in [0.29, 0.717) is 16.6 Å². The van der Waals surface area contributed by atoms with E-state index in [1.54, 1.807) is 28.9 Å². The summed E-state index contributed by atoms with van der Waals surface area (Å²) in [6.45, 7) is -2.73. The van der Waals surface area contributed by atoms with Crippen LogP contribution in [0.3, 0.4) is 0 Å². The molecule has 1 amide bonds. The van der Waals surface area contributed by atoms with Gasteiger partial charge >= 0.3 is 6.61 Å². The van der Waals surface area contributed by atoms with Crippen LogP contribution >= 0.6 is 11.6 Å². The van der Waals surface area contributed by atoms with Gasteiger partial charge in [0.1, 0.15) is 5.75 Å². The van der Waals surface area contributed by atoms with Gasteiger partial charge in [0.15, 0.2) is 0 Å². The zero-order chi connectivity index (χ0) is 19.4. The van der Waals surface area contributed by atoms with Crippen molar-refractivity contribution < 1.29 is 18.3 Å². The van der Waals surface area contributed by atoms with Gasteiger partial charge in [0.2, 0.25) is 11.3 Å². The number of hydrogen-bond donors (Lipinski definition) is 1. The van der Waals surface area contributed by atoms with Gasteiger partial charge in [0, 0.05) is 17.5 Å². The number of para-hydroxylation sites is 1. The minimum Gasteiger partial charge on any atom is -0.433 e. The molecule has 9 heteroatoms. The van der Waals surface area contributed by atoms with Gasteiger partial charge < -0.3 is 10.1 Å². The lowest BCUT2D eigenvalue weighted by Gasteiger charge is -2.11. The number of aryl methyl sites for hydroxylation is 1. The van der Waals surface area contributed by atoms with E-state index in [1.165, 1.54) is 24.4 Å². The molecule has 0 unspecified atom stereocenters.